The maximum Gasteiger partial charge on any atom is 0.340 e. The number of likely N-dealkylation sites (tertiary alicyclic amines) is 1. The van der Waals surface area contributed by atoms with Gasteiger partial charge in [-0.15, -0.1) is 0 Å². The molecule has 0 spiro atoms. The first-order valence-corrected chi connectivity index (χ1v) is 11.9. The molecule has 0 saturated carbocycles. The second-order valence-corrected chi connectivity index (χ2v) is 8.62. The number of anilines is 1. The summed E-state index contributed by atoms with van der Waals surface area (Å²) >= 11 is 6.52. The molecule has 2 aliphatic rings. The third-order valence-corrected chi connectivity index (χ3v) is 6.19. The first-order valence-electron chi connectivity index (χ1n) is 11.5. The van der Waals surface area contributed by atoms with Gasteiger partial charge in [0.05, 0.1) is 42.0 Å². The molecule has 0 bridgehead atoms. The summed E-state index contributed by atoms with van der Waals surface area (Å²) < 4.78 is 10.5. The number of aromatic nitrogens is 1. The van der Waals surface area contributed by atoms with Crippen LogP contribution in [0.1, 0.15) is 68.4 Å². The number of hydrogen-bond acceptors (Lipinski definition) is 7. The van der Waals surface area contributed by atoms with Gasteiger partial charge < -0.3 is 19.3 Å². The average Bonchev–Trinajstić information content (AvgIpc) is 3.19. The van der Waals surface area contributed by atoms with E-state index in [1.165, 1.54) is 0 Å². The Kier molecular flexibility index (Phi) is 8.73. The second kappa shape index (κ2) is 11.5. The van der Waals surface area contributed by atoms with Crippen LogP contribution in [0.4, 0.5) is 5.82 Å². The van der Waals surface area contributed by atoms with Gasteiger partial charge in [-0.25, -0.2) is 9.78 Å². The van der Waals surface area contributed by atoms with Crippen molar-refractivity contribution in [1.29, 1.82) is 0 Å². The Morgan fingerprint density at radius 3 is 2.56 bits per heavy atom. The summed E-state index contributed by atoms with van der Waals surface area (Å²) in [5.74, 6) is -0.131. The van der Waals surface area contributed by atoms with Gasteiger partial charge in [-0.1, -0.05) is 24.9 Å². The average molecular weight is 466 g/mol. The van der Waals surface area contributed by atoms with Crippen molar-refractivity contribution < 1.29 is 23.9 Å². The molecule has 2 saturated heterocycles. The van der Waals surface area contributed by atoms with Crippen LogP contribution in [-0.4, -0.2) is 60.6 Å². The number of piperidine rings is 1. The van der Waals surface area contributed by atoms with Crippen LogP contribution in [0.5, 0.6) is 0 Å². The van der Waals surface area contributed by atoms with E-state index in [4.69, 9.17) is 26.1 Å². The Hall–Kier alpha value is -2.35. The maximum absolute atomic E-state index is 12.5. The number of carbonyl (C=O) groups is 3. The van der Waals surface area contributed by atoms with Gasteiger partial charge in [-0.05, 0) is 38.7 Å². The topological polar surface area (TPSA) is 89.0 Å². The number of unbranched alkanes of at least 4 members (excludes halogenated alkanes) is 1. The summed E-state index contributed by atoms with van der Waals surface area (Å²) in [6.45, 7) is 6.62. The number of carbonyl (C=O) groups excluding carboxylic acids is 3. The van der Waals surface area contributed by atoms with Crippen LogP contribution < -0.4 is 4.90 Å². The second-order valence-electron chi connectivity index (χ2n) is 8.21. The number of halogens is 1. The fraction of sp³-hybridized carbons (Fsp3) is 0.652. The summed E-state index contributed by atoms with van der Waals surface area (Å²) in [6, 6.07) is 1.59. The van der Waals surface area contributed by atoms with Gasteiger partial charge in [-0.2, -0.15) is 0 Å². The van der Waals surface area contributed by atoms with E-state index in [2.05, 4.69) is 6.92 Å². The third kappa shape index (κ3) is 5.91. The van der Waals surface area contributed by atoms with Gasteiger partial charge in [-0.3, -0.25) is 9.59 Å². The highest BCUT2D eigenvalue weighted by atomic mass is 35.5. The Bertz CT molecular complexity index is 839. The molecule has 32 heavy (non-hydrogen) atoms. The molecule has 0 atom stereocenters. The third-order valence-electron chi connectivity index (χ3n) is 5.91. The molecular formula is C23H32ClN3O5. The number of esters is 2. The summed E-state index contributed by atoms with van der Waals surface area (Å²) in [5, 5.41) is 0.355. The monoisotopic (exact) mass is 465 g/mol. The summed E-state index contributed by atoms with van der Waals surface area (Å²) in [5.41, 5.74) is 0.772. The van der Waals surface area contributed by atoms with Crippen LogP contribution in [0.2, 0.25) is 5.02 Å². The van der Waals surface area contributed by atoms with Crippen molar-refractivity contribution in [3.8, 4) is 0 Å². The number of rotatable bonds is 9. The summed E-state index contributed by atoms with van der Waals surface area (Å²) in [6.07, 6.45) is 4.49. The van der Waals surface area contributed by atoms with Crippen molar-refractivity contribution in [3.05, 3.63) is 22.3 Å². The van der Waals surface area contributed by atoms with E-state index < -0.39 is 5.97 Å². The van der Waals surface area contributed by atoms with E-state index in [-0.39, 0.29) is 36.5 Å². The molecular weight excluding hydrogens is 434 g/mol. The zero-order valence-electron chi connectivity index (χ0n) is 18.9. The Balaban J connectivity index is 1.75. The summed E-state index contributed by atoms with van der Waals surface area (Å²) in [7, 11) is 0. The molecule has 1 aromatic rings. The standard InChI is InChI=1S/C23H32ClN3O5/c1-3-5-13-32-22(29)16-8-11-26(12-9-16)21-18(24)14-17(23(30)31-4-2)19(25-21)15-27-10-6-7-20(27)28/h14,16H,3-13,15H2,1-2H3. The molecule has 0 N–H and O–H groups in total. The van der Waals surface area contributed by atoms with Crippen molar-refractivity contribution in [2.45, 2.75) is 58.9 Å². The first kappa shape index (κ1) is 24.3. The molecule has 1 aromatic heterocycles. The number of ether oxygens (including phenoxy) is 2. The lowest BCUT2D eigenvalue weighted by atomic mass is 9.97. The molecule has 9 heteroatoms. The number of nitrogens with zero attached hydrogens (tertiary/aromatic N) is 3. The zero-order chi connectivity index (χ0) is 23.1. The van der Waals surface area contributed by atoms with Crippen molar-refractivity contribution >= 4 is 35.3 Å². The van der Waals surface area contributed by atoms with E-state index in [0.717, 1.165) is 19.3 Å². The Morgan fingerprint density at radius 2 is 1.94 bits per heavy atom. The van der Waals surface area contributed by atoms with Crippen LogP contribution in [0.25, 0.3) is 0 Å². The largest absolute Gasteiger partial charge is 0.465 e. The highest BCUT2D eigenvalue weighted by Gasteiger charge is 2.30. The van der Waals surface area contributed by atoms with E-state index in [9.17, 15) is 14.4 Å². The number of pyridine rings is 1. The number of hydrogen-bond donors (Lipinski definition) is 0. The minimum Gasteiger partial charge on any atom is -0.465 e. The molecule has 8 nitrogen and oxygen atoms in total. The van der Waals surface area contributed by atoms with Gasteiger partial charge in [0.25, 0.3) is 0 Å². The van der Waals surface area contributed by atoms with Crippen LogP contribution in [0.15, 0.2) is 6.07 Å². The van der Waals surface area contributed by atoms with Crippen LogP contribution in [0, 0.1) is 5.92 Å². The van der Waals surface area contributed by atoms with Crippen molar-refractivity contribution in [1.82, 2.24) is 9.88 Å². The predicted molar refractivity (Wildman–Crippen MR) is 121 cm³/mol. The SMILES string of the molecule is CCCCOC(=O)C1CCN(c2nc(CN3CCCC3=O)c(C(=O)OCC)cc2Cl)CC1. The van der Waals surface area contributed by atoms with Crippen molar-refractivity contribution in [2.24, 2.45) is 5.92 Å². The Morgan fingerprint density at radius 1 is 1.19 bits per heavy atom. The van der Waals surface area contributed by atoms with Crippen LogP contribution in [-0.2, 0) is 25.6 Å². The van der Waals surface area contributed by atoms with Gasteiger partial charge in [0.2, 0.25) is 5.91 Å². The smallest absolute Gasteiger partial charge is 0.340 e. The molecule has 0 aromatic carbocycles. The summed E-state index contributed by atoms with van der Waals surface area (Å²) in [4.78, 5) is 45.4. The van der Waals surface area contributed by atoms with E-state index in [0.29, 0.717) is 62.0 Å². The van der Waals surface area contributed by atoms with Gasteiger partial charge in [0, 0.05) is 26.1 Å². The predicted octanol–water partition coefficient (Wildman–Crippen LogP) is 3.59. The Labute approximate surface area is 194 Å². The number of amides is 1. The fourth-order valence-corrected chi connectivity index (χ4v) is 4.33. The lowest BCUT2D eigenvalue weighted by Gasteiger charge is -2.33. The van der Waals surface area contributed by atoms with Gasteiger partial charge >= 0.3 is 11.9 Å². The highest BCUT2D eigenvalue weighted by Crippen LogP contribution is 2.31. The molecule has 0 aliphatic carbocycles. The molecule has 176 valence electrons. The van der Waals surface area contributed by atoms with E-state index in [1.54, 1.807) is 17.9 Å². The minimum absolute atomic E-state index is 0.0560. The molecule has 1 amide bonds. The van der Waals surface area contributed by atoms with Crippen LogP contribution >= 0.6 is 11.6 Å². The molecule has 0 unspecified atom stereocenters. The molecule has 3 rings (SSSR count). The quantitative estimate of drug-likeness (QED) is 0.406. The minimum atomic E-state index is -0.497. The molecule has 0 radical (unpaired) electrons. The lowest BCUT2D eigenvalue weighted by molar-refractivity contribution is -0.149. The van der Waals surface area contributed by atoms with Crippen molar-refractivity contribution in [2.75, 3.05) is 37.7 Å². The normalized spacial score (nSPS) is 17.0. The van der Waals surface area contributed by atoms with Crippen molar-refractivity contribution in [3.63, 3.8) is 0 Å². The molecule has 2 fully saturated rings. The fourth-order valence-electron chi connectivity index (χ4n) is 4.06. The zero-order valence-corrected chi connectivity index (χ0v) is 19.7. The van der Waals surface area contributed by atoms with E-state index >= 15 is 0 Å². The van der Waals surface area contributed by atoms with Gasteiger partial charge in [0.15, 0.2) is 0 Å². The maximum atomic E-state index is 12.5. The van der Waals surface area contributed by atoms with Crippen LogP contribution in [0.3, 0.4) is 0 Å². The first-order chi connectivity index (χ1) is 15.4. The molecule has 2 aliphatic heterocycles. The van der Waals surface area contributed by atoms with Gasteiger partial charge in [0.1, 0.15) is 5.82 Å². The van der Waals surface area contributed by atoms with E-state index in [1.807, 2.05) is 4.90 Å². The lowest BCUT2D eigenvalue weighted by Crippen LogP contribution is -2.38. The highest BCUT2D eigenvalue weighted by molar-refractivity contribution is 6.33. The molecule has 3 heterocycles.